The number of aromatic nitrogens is 2. The van der Waals surface area contributed by atoms with Gasteiger partial charge in [0.15, 0.2) is 0 Å². The van der Waals surface area contributed by atoms with E-state index in [4.69, 9.17) is 0 Å². The molecule has 0 spiro atoms. The molecule has 154 valence electrons. The fourth-order valence-electron chi connectivity index (χ4n) is 3.80. The first kappa shape index (κ1) is 19.5. The number of aromatic amines is 1. The lowest BCUT2D eigenvalue weighted by molar-refractivity contribution is -0.881. The quantitative estimate of drug-likeness (QED) is 0.535. The lowest BCUT2D eigenvalue weighted by Gasteiger charge is -2.48. The first-order chi connectivity index (χ1) is 13.8. The number of halogens is 3. The lowest BCUT2D eigenvalue weighted by Crippen LogP contribution is -2.57. The molecule has 1 aliphatic heterocycles. The van der Waals surface area contributed by atoms with Crippen molar-refractivity contribution in [3.8, 4) is 0 Å². The van der Waals surface area contributed by atoms with Crippen molar-refractivity contribution in [2.45, 2.75) is 12.7 Å². The molecule has 29 heavy (non-hydrogen) atoms. The minimum absolute atomic E-state index is 0.234. The highest BCUT2D eigenvalue weighted by atomic mass is 19.4. The summed E-state index contributed by atoms with van der Waals surface area (Å²) in [7, 11) is 0. The minimum Gasteiger partial charge on any atom is -0.633 e. The molecule has 0 saturated carbocycles. The van der Waals surface area contributed by atoms with Gasteiger partial charge in [-0.1, -0.05) is 18.2 Å². The summed E-state index contributed by atoms with van der Waals surface area (Å²) in [6.07, 6.45) is -4.39. The minimum atomic E-state index is -4.39. The normalized spacial score (nSPS) is 17.0. The Morgan fingerprint density at radius 3 is 2.52 bits per heavy atom. The smallest absolute Gasteiger partial charge is 0.416 e. The Kier molecular flexibility index (Phi) is 4.87. The number of benzene rings is 2. The number of hydrogen-bond acceptors (Lipinski definition) is 3. The Labute approximate surface area is 164 Å². The van der Waals surface area contributed by atoms with Gasteiger partial charge in [-0.2, -0.15) is 13.2 Å². The van der Waals surface area contributed by atoms with Gasteiger partial charge >= 0.3 is 11.9 Å². The van der Waals surface area contributed by atoms with E-state index in [1.807, 2.05) is 29.2 Å². The number of alkyl halides is 3. The standard InChI is InChI=1S/C20H21F3N4O2/c21-20(22,23)15-4-3-5-16(14-15)25-8-11-27(29,12-9-25)13-10-26-18-7-2-1-6-17(18)24-19(26)28/h1-7,14H,8-13H2,(H,24,28). The topological polar surface area (TPSA) is 64.1 Å². The van der Waals surface area contributed by atoms with Crippen LogP contribution in [0.2, 0.25) is 0 Å². The summed E-state index contributed by atoms with van der Waals surface area (Å²) >= 11 is 0. The van der Waals surface area contributed by atoms with Gasteiger partial charge in [0.1, 0.15) is 0 Å². The molecule has 1 fully saturated rings. The van der Waals surface area contributed by atoms with Crippen LogP contribution in [0.1, 0.15) is 5.56 Å². The monoisotopic (exact) mass is 406 g/mol. The molecule has 1 N–H and O–H groups in total. The van der Waals surface area contributed by atoms with E-state index in [0.717, 1.165) is 23.2 Å². The van der Waals surface area contributed by atoms with Crippen molar-refractivity contribution in [2.75, 3.05) is 37.6 Å². The third-order valence-electron chi connectivity index (χ3n) is 5.51. The van der Waals surface area contributed by atoms with E-state index >= 15 is 0 Å². The van der Waals surface area contributed by atoms with Gasteiger partial charge in [-0.05, 0) is 30.3 Å². The van der Waals surface area contributed by atoms with Gasteiger partial charge < -0.3 is 19.7 Å². The first-order valence-corrected chi connectivity index (χ1v) is 9.42. The zero-order chi connectivity index (χ0) is 20.6. The highest BCUT2D eigenvalue weighted by molar-refractivity contribution is 5.74. The predicted molar refractivity (Wildman–Crippen MR) is 104 cm³/mol. The molecule has 9 heteroatoms. The van der Waals surface area contributed by atoms with Crippen LogP contribution in [0.3, 0.4) is 0 Å². The summed E-state index contributed by atoms with van der Waals surface area (Å²) in [5.74, 6) is 0. The Bertz CT molecular complexity index is 1070. The molecule has 0 aliphatic carbocycles. The molecular formula is C20H21F3N4O2. The van der Waals surface area contributed by atoms with Gasteiger partial charge in [-0.25, -0.2) is 4.79 Å². The average molecular weight is 406 g/mol. The molecule has 1 aliphatic rings. The van der Waals surface area contributed by atoms with Crippen molar-refractivity contribution in [2.24, 2.45) is 0 Å². The Morgan fingerprint density at radius 2 is 1.79 bits per heavy atom. The number of imidazole rings is 1. The molecule has 2 aromatic carbocycles. The summed E-state index contributed by atoms with van der Waals surface area (Å²) in [5, 5.41) is 13.1. The van der Waals surface area contributed by atoms with Gasteiger partial charge in [0.05, 0.1) is 55.9 Å². The van der Waals surface area contributed by atoms with E-state index in [1.54, 1.807) is 10.6 Å². The zero-order valence-corrected chi connectivity index (χ0v) is 15.7. The maximum absolute atomic E-state index is 13.1. The van der Waals surface area contributed by atoms with Crippen LogP contribution in [0, 0.1) is 5.21 Å². The van der Waals surface area contributed by atoms with Crippen molar-refractivity contribution >= 4 is 16.7 Å². The molecule has 4 rings (SSSR count). The van der Waals surface area contributed by atoms with Crippen LogP contribution in [-0.4, -0.2) is 46.9 Å². The van der Waals surface area contributed by atoms with Crippen molar-refractivity contribution in [3.05, 3.63) is 69.8 Å². The number of quaternary nitrogens is 1. The number of nitrogens with zero attached hydrogens (tertiary/aromatic N) is 3. The molecule has 0 amide bonds. The van der Waals surface area contributed by atoms with Crippen LogP contribution in [0.25, 0.3) is 11.0 Å². The first-order valence-electron chi connectivity index (χ1n) is 9.42. The summed E-state index contributed by atoms with van der Waals surface area (Å²) in [6, 6.07) is 12.5. The summed E-state index contributed by atoms with van der Waals surface area (Å²) in [6.45, 7) is 1.77. The number of H-pyrrole nitrogens is 1. The van der Waals surface area contributed by atoms with Crippen LogP contribution >= 0.6 is 0 Å². The van der Waals surface area contributed by atoms with Gasteiger partial charge in [0, 0.05) is 5.69 Å². The van der Waals surface area contributed by atoms with E-state index in [0.29, 0.717) is 18.8 Å². The van der Waals surface area contributed by atoms with E-state index in [1.165, 1.54) is 6.07 Å². The molecule has 2 heterocycles. The van der Waals surface area contributed by atoms with Crippen molar-refractivity contribution in [1.29, 1.82) is 0 Å². The predicted octanol–water partition coefficient (Wildman–Crippen LogP) is 3.18. The Morgan fingerprint density at radius 1 is 1.07 bits per heavy atom. The fraction of sp³-hybridized carbons (Fsp3) is 0.350. The second-order valence-electron chi connectivity index (χ2n) is 7.36. The molecular weight excluding hydrogens is 385 g/mol. The van der Waals surface area contributed by atoms with Crippen LogP contribution in [-0.2, 0) is 12.7 Å². The van der Waals surface area contributed by atoms with Gasteiger partial charge in [0.2, 0.25) is 0 Å². The third-order valence-corrected chi connectivity index (χ3v) is 5.51. The van der Waals surface area contributed by atoms with Crippen LogP contribution < -0.4 is 10.6 Å². The van der Waals surface area contributed by atoms with E-state index in [-0.39, 0.29) is 31.9 Å². The van der Waals surface area contributed by atoms with Crippen LogP contribution in [0.4, 0.5) is 18.9 Å². The molecule has 3 aromatic rings. The van der Waals surface area contributed by atoms with Gasteiger partial charge in [-0.3, -0.25) is 4.57 Å². The maximum atomic E-state index is 13.1. The average Bonchev–Trinajstić information content (AvgIpc) is 3.01. The van der Waals surface area contributed by atoms with Crippen LogP contribution in [0.15, 0.2) is 53.3 Å². The second kappa shape index (κ2) is 7.23. The van der Waals surface area contributed by atoms with Crippen molar-refractivity contribution in [1.82, 2.24) is 9.55 Å². The number of piperazine rings is 1. The number of para-hydroxylation sites is 2. The highest BCUT2D eigenvalue weighted by Gasteiger charge is 2.32. The van der Waals surface area contributed by atoms with Crippen molar-refractivity contribution < 1.29 is 17.8 Å². The van der Waals surface area contributed by atoms with Gasteiger partial charge in [-0.15, -0.1) is 0 Å². The largest absolute Gasteiger partial charge is 0.633 e. The SMILES string of the molecule is O=c1[nH]c2ccccc2n1CC[N+]1([O-])CCN(c2cccc(C(F)(F)F)c2)CC1. The molecule has 0 unspecified atom stereocenters. The number of rotatable bonds is 4. The second-order valence-corrected chi connectivity index (χ2v) is 7.36. The maximum Gasteiger partial charge on any atom is 0.416 e. The molecule has 0 atom stereocenters. The molecule has 0 radical (unpaired) electrons. The highest BCUT2D eigenvalue weighted by Crippen LogP contribution is 2.32. The van der Waals surface area contributed by atoms with Gasteiger partial charge in [0.25, 0.3) is 0 Å². The summed E-state index contributed by atoms with van der Waals surface area (Å²) < 4.78 is 39.9. The molecule has 0 bridgehead atoms. The van der Waals surface area contributed by atoms with E-state index < -0.39 is 16.4 Å². The Balaban J connectivity index is 1.42. The lowest BCUT2D eigenvalue weighted by atomic mass is 10.1. The third kappa shape index (κ3) is 4.01. The van der Waals surface area contributed by atoms with E-state index in [9.17, 15) is 23.2 Å². The number of nitrogens with one attached hydrogen (secondary N) is 1. The number of fused-ring (bicyclic) bond motifs is 1. The van der Waals surface area contributed by atoms with E-state index in [2.05, 4.69) is 4.98 Å². The number of hydrogen-bond donors (Lipinski definition) is 1. The number of hydroxylamine groups is 3. The number of anilines is 1. The fourth-order valence-corrected chi connectivity index (χ4v) is 3.80. The molecule has 6 nitrogen and oxygen atoms in total. The zero-order valence-electron chi connectivity index (χ0n) is 15.7. The van der Waals surface area contributed by atoms with Crippen LogP contribution in [0.5, 0.6) is 0 Å². The van der Waals surface area contributed by atoms with Crippen molar-refractivity contribution in [3.63, 3.8) is 0 Å². The Hall–Kier alpha value is -2.78. The molecule has 1 aromatic heterocycles. The summed E-state index contributed by atoms with van der Waals surface area (Å²) in [4.78, 5) is 16.7. The summed E-state index contributed by atoms with van der Waals surface area (Å²) in [5.41, 5.74) is 1.01. The molecule has 1 saturated heterocycles.